The summed E-state index contributed by atoms with van der Waals surface area (Å²) in [6.45, 7) is 6.65. The highest BCUT2D eigenvalue weighted by Crippen LogP contribution is 2.33. The maximum absolute atomic E-state index is 13.7. The minimum Gasteiger partial charge on any atom is -0.459 e. The Morgan fingerprint density at radius 3 is 2.62 bits per heavy atom. The fraction of sp³-hybridized carbons (Fsp3) is 0.448. The van der Waals surface area contributed by atoms with Crippen LogP contribution in [-0.4, -0.2) is 53.6 Å². The second-order valence-electron chi connectivity index (χ2n) is 10.6. The van der Waals surface area contributed by atoms with Gasteiger partial charge in [-0.05, 0) is 69.4 Å². The number of fused-ring (bicyclic) bond motifs is 2. The molecule has 0 fully saturated rings. The van der Waals surface area contributed by atoms with Crippen LogP contribution in [0.3, 0.4) is 0 Å². The highest BCUT2D eigenvalue weighted by Gasteiger charge is 2.35. The first-order valence-corrected chi connectivity index (χ1v) is 13.9. The molecule has 0 aliphatic carbocycles. The van der Waals surface area contributed by atoms with Gasteiger partial charge in [-0.2, -0.15) is 0 Å². The predicted octanol–water partition coefficient (Wildman–Crippen LogP) is 3.66. The van der Waals surface area contributed by atoms with Gasteiger partial charge >= 0.3 is 5.97 Å². The third-order valence-electron chi connectivity index (χ3n) is 6.35. The van der Waals surface area contributed by atoms with Crippen molar-refractivity contribution in [1.82, 2.24) is 5.32 Å². The van der Waals surface area contributed by atoms with Gasteiger partial charge in [0.1, 0.15) is 18.2 Å². The lowest BCUT2D eigenvalue weighted by molar-refractivity contribution is -0.153. The predicted molar refractivity (Wildman–Crippen MR) is 148 cm³/mol. The van der Waals surface area contributed by atoms with E-state index >= 15 is 0 Å². The quantitative estimate of drug-likeness (QED) is 0.493. The van der Waals surface area contributed by atoms with E-state index in [0.29, 0.717) is 36.4 Å². The number of hydrogen-bond donors (Lipinski definition) is 1. The molecule has 208 valence electrons. The number of aryl methyl sites for hydroxylation is 1. The molecule has 4 rings (SSSR count). The molecule has 2 heterocycles. The third-order valence-corrected chi connectivity index (χ3v) is 7.33. The molecular weight excluding hydrogens is 520 g/mol. The van der Waals surface area contributed by atoms with Crippen LogP contribution in [-0.2, 0) is 36.8 Å². The molecule has 2 aromatic rings. The van der Waals surface area contributed by atoms with Crippen molar-refractivity contribution in [3.05, 3.63) is 53.6 Å². The summed E-state index contributed by atoms with van der Waals surface area (Å²) in [4.78, 5) is 53.1. The summed E-state index contributed by atoms with van der Waals surface area (Å²) in [6, 6.07) is 12.1. The van der Waals surface area contributed by atoms with Gasteiger partial charge in [-0.15, -0.1) is 0 Å². The van der Waals surface area contributed by atoms with Gasteiger partial charge in [0.05, 0.1) is 5.92 Å². The summed E-state index contributed by atoms with van der Waals surface area (Å²) in [5.74, 6) is -0.290. The van der Waals surface area contributed by atoms with E-state index in [1.807, 2.05) is 30.3 Å². The molecule has 0 saturated heterocycles. The van der Waals surface area contributed by atoms with E-state index in [2.05, 4.69) is 5.32 Å². The molecule has 10 heteroatoms. The van der Waals surface area contributed by atoms with Gasteiger partial charge in [0.15, 0.2) is 16.6 Å². The molecule has 2 aromatic carbocycles. The summed E-state index contributed by atoms with van der Waals surface area (Å²) in [5, 5.41) is 2.83. The largest absolute Gasteiger partial charge is 0.459 e. The standard InChI is InChI=1S/C29H34N2O7S/c1-18(32)39-16-21(13-19-9-12-24-25(14-19)37-17-36-24)27(34)30-22-11-10-20-7-5-6-8-23(20)31(28(22)35)15-26(33)38-29(2,3)4/h5-9,12,14,21-22H,10-11,13,15-17H2,1-4H3,(H,30,34)/t21-,22+/m1/s1. The maximum Gasteiger partial charge on any atom is 0.326 e. The van der Waals surface area contributed by atoms with E-state index in [4.69, 9.17) is 14.2 Å². The highest BCUT2D eigenvalue weighted by molar-refractivity contribution is 8.13. The second kappa shape index (κ2) is 12.1. The molecule has 1 N–H and O–H groups in total. The monoisotopic (exact) mass is 554 g/mol. The zero-order valence-corrected chi connectivity index (χ0v) is 23.5. The van der Waals surface area contributed by atoms with Gasteiger partial charge < -0.3 is 19.5 Å². The number of para-hydroxylation sites is 1. The lowest BCUT2D eigenvalue weighted by atomic mass is 9.98. The Bertz CT molecular complexity index is 1260. The molecule has 0 saturated carbocycles. The average molecular weight is 555 g/mol. The normalized spacial score (nSPS) is 17.2. The lowest BCUT2D eigenvalue weighted by Crippen LogP contribution is -2.51. The van der Waals surface area contributed by atoms with Crippen molar-refractivity contribution >= 4 is 40.3 Å². The summed E-state index contributed by atoms with van der Waals surface area (Å²) in [6.07, 6.45) is 1.28. The number of nitrogens with one attached hydrogen (secondary N) is 1. The molecule has 0 spiro atoms. The van der Waals surface area contributed by atoms with E-state index in [-0.39, 0.29) is 36.0 Å². The van der Waals surface area contributed by atoms with Crippen LogP contribution in [0.15, 0.2) is 42.5 Å². The first-order valence-electron chi connectivity index (χ1n) is 12.9. The number of nitrogens with zero attached hydrogens (tertiary/aromatic N) is 1. The summed E-state index contributed by atoms with van der Waals surface area (Å²) in [5.41, 5.74) is 1.70. The number of rotatable bonds is 8. The van der Waals surface area contributed by atoms with Crippen LogP contribution in [0, 0.1) is 5.92 Å². The molecule has 2 atom stereocenters. The van der Waals surface area contributed by atoms with Gasteiger partial charge in [0, 0.05) is 18.4 Å². The number of ether oxygens (including phenoxy) is 3. The van der Waals surface area contributed by atoms with Crippen LogP contribution >= 0.6 is 11.8 Å². The van der Waals surface area contributed by atoms with Crippen molar-refractivity contribution in [1.29, 1.82) is 0 Å². The first-order chi connectivity index (χ1) is 18.5. The SMILES string of the molecule is CC(=O)SC[C@@H](Cc1ccc2c(c1)OCO2)C(=O)N[C@H]1CCc2ccccc2N(CC(=O)OC(C)(C)C)C1=O. The number of benzene rings is 2. The van der Waals surface area contributed by atoms with Crippen molar-refractivity contribution in [3.63, 3.8) is 0 Å². The number of hydrogen-bond acceptors (Lipinski definition) is 8. The number of carbonyl (C=O) groups is 4. The van der Waals surface area contributed by atoms with E-state index in [0.717, 1.165) is 22.9 Å². The topological polar surface area (TPSA) is 111 Å². The zero-order chi connectivity index (χ0) is 28.2. The number of thioether (sulfide) groups is 1. The Morgan fingerprint density at radius 1 is 1.13 bits per heavy atom. The molecule has 39 heavy (non-hydrogen) atoms. The Kier molecular flexibility index (Phi) is 8.84. The Labute approximate surface area is 232 Å². The van der Waals surface area contributed by atoms with Crippen LogP contribution in [0.2, 0.25) is 0 Å². The van der Waals surface area contributed by atoms with Gasteiger partial charge in [-0.3, -0.25) is 24.1 Å². The Balaban J connectivity index is 1.53. The molecular formula is C29H34N2O7S. The molecule has 9 nitrogen and oxygen atoms in total. The molecule has 0 bridgehead atoms. The number of anilines is 1. The fourth-order valence-corrected chi connectivity index (χ4v) is 5.31. The minimum absolute atomic E-state index is 0.0944. The molecule has 0 unspecified atom stereocenters. The fourth-order valence-electron chi connectivity index (χ4n) is 4.60. The van der Waals surface area contributed by atoms with Crippen LogP contribution in [0.4, 0.5) is 5.69 Å². The van der Waals surface area contributed by atoms with Gasteiger partial charge in [0.2, 0.25) is 18.6 Å². The van der Waals surface area contributed by atoms with Crippen LogP contribution < -0.4 is 19.7 Å². The van der Waals surface area contributed by atoms with Gasteiger partial charge in [-0.25, -0.2) is 0 Å². The Morgan fingerprint density at radius 2 is 1.87 bits per heavy atom. The Hall–Kier alpha value is -3.53. The van der Waals surface area contributed by atoms with Gasteiger partial charge in [-0.1, -0.05) is 36.0 Å². The van der Waals surface area contributed by atoms with Crippen molar-refractivity contribution in [2.75, 3.05) is 24.0 Å². The summed E-state index contributed by atoms with van der Waals surface area (Å²) in [7, 11) is 0. The van der Waals surface area contributed by atoms with Crippen molar-refractivity contribution < 1.29 is 33.4 Å². The average Bonchev–Trinajstić information content (AvgIpc) is 3.29. The smallest absolute Gasteiger partial charge is 0.326 e. The summed E-state index contributed by atoms with van der Waals surface area (Å²) >= 11 is 1.07. The highest BCUT2D eigenvalue weighted by atomic mass is 32.2. The van der Waals surface area contributed by atoms with E-state index in [9.17, 15) is 19.2 Å². The molecule has 0 aromatic heterocycles. The number of amides is 2. The third kappa shape index (κ3) is 7.53. The molecule has 2 amide bonds. The summed E-state index contributed by atoms with van der Waals surface area (Å²) < 4.78 is 16.3. The minimum atomic E-state index is -0.839. The van der Waals surface area contributed by atoms with Crippen LogP contribution in [0.5, 0.6) is 11.5 Å². The number of carbonyl (C=O) groups excluding carboxylic acids is 4. The molecule has 2 aliphatic heterocycles. The lowest BCUT2D eigenvalue weighted by Gasteiger charge is -2.28. The molecule has 2 aliphatic rings. The van der Waals surface area contributed by atoms with Crippen molar-refractivity contribution in [3.8, 4) is 11.5 Å². The van der Waals surface area contributed by atoms with Crippen LogP contribution in [0.1, 0.15) is 45.2 Å². The van der Waals surface area contributed by atoms with E-state index in [1.54, 1.807) is 32.9 Å². The maximum atomic E-state index is 13.7. The van der Waals surface area contributed by atoms with Crippen LogP contribution in [0.25, 0.3) is 0 Å². The van der Waals surface area contributed by atoms with Crippen molar-refractivity contribution in [2.45, 2.75) is 58.6 Å². The second-order valence-corrected chi connectivity index (χ2v) is 11.8. The first kappa shape index (κ1) is 28.5. The molecule has 0 radical (unpaired) electrons. The zero-order valence-electron chi connectivity index (χ0n) is 22.7. The van der Waals surface area contributed by atoms with E-state index in [1.165, 1.54) is 11.8 Å². The van der Waals surface area contributed by atoms with E-state index < -0.39 is 23.5 Å². The van der Waals surface area contributed by atoms with Crippen molar-refractivity contribution in [2.24, 2.45) is 5.92 Å². The number of esters is 1. The van der Waals surface area contributed by atoms with Gasteiger partial charge in [0.25, 0.3) is 0 Å².